The number of carbonyl (C=O) groups excluding carboxylic acids is 1. The number of halogens is 1. The number of benzene rings is 2. The molecule has 0 aliphatic carbocycles. The number of hydrogen-bond acceptors (Lipinski definition) is 5. The molecule has 1 aliphatic heterocycles. The lowest BCUT2D eigenvalue weighted by molar-refractivity contribution is -0.120. The number of rotatable bonds is 4. The number of amides is 1. The van der Waals surface area contributed by atoms with Gasteiger partial charge < -0.3 is 15.0 Å². The Bertz CT molecular complexity index is 982. The minimum Gasteiger partial charge on any atom is -0.497 e. The second kappa shape index (κ2) is 6.57. The molecule has 1 aliphatic rings. The van der Waals surface area contributed by atoms with Gasteiger partial charge in [0.05, 0.1) is 23.2 Å². The van der Waals surface area contributed by atoms with Gasteiger partial charge in [0.15, 0.2) is 5.13 Å². The van der Waals surface area contributed by atoms with E-state index in [1.54, 1.807) is 37.5 Å². The van der Waals surface area contributed by atoms with E-state index in [1.165, 1.54) is 6.07 Å². The maximum atomic E-state index is 13.6. The molecule has 3 aromatic rings. The van der Waals surface area contributed by atoms with Crippen molar-refractivity contribution in [2.75, 3.05) is 30.4 Å². The minimum atomic E-state index is -0.317. The Morgan fingerprint density at radius 2 is 2.12 bits per heavy atom. The van der Waals surface area contributed by atoms with E-state index in [0.717, 1.165) is 21.1 Å². The normalized spacial score (nSPS) is 14.3. The average Bonchev–Trinajstić information content (AvgIpc) is 2.99. The topological polar surface area (TPSA) is 54.5 Å². The molecule has 0 bridgehead atoms. The molecule has 26 heavy (non-hydrogen) atoms. The van der Waals surface area contributed by atoms with E-state index in [0.29, 0.717) is 24.3 Å². The van der Waals surface area contributed by atoms with Crippen LogP contribution in [0.4, 0.5) is 15.2 Å². The Morgan fingerprint density at radius 1 is 1.31 bits per heavy atom. The van der Waals surface area contributed by atoms with Crippen LogP contribution in [0.5, 0.6) is 5.75 Å². The van der Waals surface area contributed by atoms with Gasteiger partial charge in [-0.15, -0.1) is 0 Å². The number of nitrogens with zero attached hydrogens (tertiary/aromatic N) is 2. The zero-order valence-electron chi connectivity index (χ0n) is 14.5. The Labute approximate surface area is 154 Å². The number of fused-ring (bicyclic) bond motifs is 1. The van der Waals surface area contributed by atoms with Crippen LogP contribution in [0.2, 0.25) is 0 Å². The van der Waals surface area contributed by atoms with Crippen molar-refractivity contribution in [3.8, 4) is 5.75 Å². The molecular weight excluding hydrogens is 353 g/mol. The van der Waals surface area contributed by atoms with Gasteiger partial charge in [0.2, 0.25) is 5.91 Å². The molecular formula is C19H18FN3O2S. The van der Waals surface area contributed by atoms with Crippen molar-refractivity contribution < 1.29 is 13.9 Å². The van der Waals surface area contributed by atoms with Crippen molar-refractivity contribution in [3.05, 3.63) is 47.8 Å². The number of ether oxygens (including phenoxy) is 1. The van der Waals surface area contributed by atoms with Crippen LogP contribution in [0.25, 0.3) is 10.2 Å². The molecule has 0 atom stereocenters. The first kappa shape index (κ1) is 16.8. The van der Waals surface area contributed by atoms with E-state index in [9.17, 15) is 9.18 Å². The third-order valence-electron chi connectivity index (χ3n) is 4.55. The van der Waals surface area contributed by atoms with Gasteiger partial charge in [0.25, 0.3) is 0 Å². The molecule has 0 radical (unpaired) electrons. The van der Waals surface area contributed by atoms with Gasteiger partial charge in [-0.2, -0.15) is 0 Å². The number of anilines is 2. The average molecular weight is 371 g/mol. The molecule has 2 heterocycles. The second-order valence-electron chi connectivity index (χ2n) is 6.39. The molecule has 0 saturated carbocycles. The van der Waals surface area contributed by atoms with E-state index in [2.05, 4.69) is 15.2 Å². The van der Waals surface area contributed by atoms with Gasteiger partial charge in [-0.1, -0.05) is 17.4 Å². The van der Waals surface area contributed by atoms with Crippen molar-refractivity contribution in [1.82, 2.24) is 4.98 Å². The molecule has 7 heteroatoms. The summed E-state index contributed by atoms with van der Waals surface area (Å²) in [4.78, 5) is 19.0. The molecule has 134 valence electrons. The van der Waals surface area contributed by atoms with Gasteiger partial charge in [-0.3, -0.25) is 4.79 Å². The van der Waals surface area contributed by atoms with Crippen molar-refractivity contribution in [2.24, 2.45) is 5.92 Å². The lowest BCUT2D eigenvalue weighted by atomic mass is 10.00. The van der Waals surface area contributed by atoms with Gasteiger partial charge in [0.1, 0.15) is 11.6 Å². The SMILES string of the molecule is COc1ccc2sc(N3CC(C(=O)Nc4ccc(C)c(F)c4)C3)nc2c1. The fourth-order valence-corrected chi connectivity index (χ4v) is 3.84. The summed E-state index contributed by atoms with van der Waals surface area (Å²) in [6, 6.07) is 10.5. The van der Waals surface area contributed by atoms with Crippen LogP contribution in [0.15, 0.2) is 36.4 Å². The summed E-state index contributed by atoms with van der Waals surface area (Å²) in [5.41, 5.74) is 1.95. The first-order chi connectivity index (χ1) is 12.5. The van der Waals surface area contributed by atoms with Crippen molar-refractivity contribution >= 4 is 38.3 Å². The van der Waals surface area contributed by atoms with Crippen LogP contribution >= 0.6 is 11.3 Å². The standard InChI is InChI=1S/C19H18FN3O2S/c1-11-3-4-13(7-15(11)20)21-18(24)12-9-23(10-12)19-22-16-8-14(25-2)5-6-17(16)26-19/h3-8,12H,9-10H2,1-2H3,(H,21,24). The molecule has 5 nitrogen and oxygen atoms in total. The molecule has 0 spiro atoms. The summed E-state index contributed by atoms with van der Waals surface area (Å²) in [6.45, 7) is 2.91. The number of thiazole rings is 1. The van der Waals surface area contributed by atoms with E-state index in [1.807, 2.05) is 18.2 Å². The lowest BCUT2D eigenvalue weighted by Crippen LogP contribution is -2.52. The summed E-state index contributed by atoms with van der Waals surface area (Å²) in [7, 11) is 1.63. The third kappa shape index (κ3) is 3.10. The highest BCUT2D eigenvalue weighted by Crippen LogP contribution is 2.34. The minimum absolute atomic E-state index is 0.0905. The van der Waals surface area contributed by atoms with Crippen LogP contribution in [0.1, 0.15) is 5.56 Å². The summed E-state index contributed by atoms with van der Waals surface area (Å²) >= 11 is 1.60. The summed E-state index contributed by atoms with van der Waals surface area (Å²) in [5, 5.41) is 3.69. The largest absolute Gasteiger partial charge is 0.497 e. The van der Waals surface area contributed by atoms with Crippen molar-refractivity contribution in [1.29, 1.82) is 0 Å². The fraction of sp³-hybridized carbons (Fsp3) is 0.263. The van der Waals surface area contributed by atoms with E-state index < -0.39 is 0 Å². The number of hydrogen-bond donors (Lipinski definition) is 1. The van der Waals surface area contributed by atoms with Crippen LogP contribution < -0.4 is 15.0 Å². The molecule has 1 aromatic heterocycles. The Morgan fingerprint density at radius 3 is 2.85 bits per heavy atom. The number of carbonyl (C=O) groups is 1. The molecule has 4 rings (SSSR count). The molecule has 1 saturated heterocycles. The fourth-order valence-electron chi connectivity index (χ4n) is 2.87. The lowest BCUT2D eigenvalue weighted by Gasteiger charge is -2.37. The number of aryl methyl sites for hydroxylation is 1. The zero-order chi connectivity index (χ0) is 18.3. The molecule has 1 fully saturated rings. The highest BCUT2D eigenvalue weighted by Gasteiger charge is 2.34. The van der Waals surface area contributed by atoms with E-state index in [4.69, 9.17) is 4.74 Å². The Balaban J connectivity index is 1.40. The first-order valence-corrected chi connectivity index (χ1v) is 9.11. The first-order valence-electron chi connectivity index (χ1n) is 8.30. The van der Waals surface area contributed by atoms with Crippen LogP contribution in [-0.4, -0.2) is 31.1 Å². The van der Waals surface area contributed by atoms with Crippen LogP contribution in [0.3, 0.4) is 0 Å². The maximum Gasteiger partial charge on any atom is 0.231 e. The second-order valence-corrected chi connectivity index (χ2v) is 7.39. The Kier molecular flexibility index (Phi) is 4.24. The van der Waals surface area contributed by atoms with Gasteiger partial charge >= 0.3 is 0 Å². The van der Waals surface area contributed by atoms with Gasteiger partial charge in [-0.25, -0.2) is 9.37 Å². The maximum absolute atomic E-state index is 13.6. The number of methoxy groups -OCH3 is 1. The molecule has 0 unspecified atom stereocenters. The van der Waals surface area contributed by atoms with Crippen LogP contribution in [-0.2, 0) is 4.79 Å². The van der Waals surface area contributed by atoms with Crippen LogP contribution in [0, 0.1) is 18.7 Å². The summed E-state index contributed by atoms with van der Waals surface area (Å²) in [6.07, 6.45) is 0. The van der Waals surface area contributed by atoms with Gasteiger partial charge in [0, 0.05) is 24.8 Å². The predicted molar refractivity (Wildman–Crippen MR) is 102 cm³/mol. The highest BCUT2D eigenvalue weighted by atomic mass is 32.1. The van der Waals surface area contributed by atoms with E-state index in [-0.39, 0.29) is 17.6 Å². The monoisotopic (exact) mass is 371 g/mol. The van der Waals surface area contributed by atoms with Gasteiger partial charge in [-0.05, 0) is 36.8 Å². The highest BCUT2D eigenvalue weighted by molar-refractivity contribution is 7.22. The summed E-state index contributed by atoms with van der Waals surface area (Å²) in [5.74, 6) is 0.247. The predicted octanol–water partition coefficient (Wildman–Crippen LogP) is 3.83. The zero-order valence-corrected chi connectivity index (χ0v) is 15.3. The molecule has 1 amide bonds. The van der Waals surface area contributed by atoms with Crippen molar-refractivity contribution in [3.63, 3.8) is 0 Å². The molecule has 1 N–H and O–H groups in total. The number of aromatic nitrogens is 1. The summed E-state index contributed by atoms with van der Waals surface area (Å²) < 4.78 is 19.9. The van der Waals surface area contributed by atoms with Crippen molar-refractivity contribution in [2.45, 2.75) is 6.92 Å². The molecule has 2 aromatic carbocycles. The number of nitrogens with one attached hydrogen (secondary N) is 1. The quantitative estimate of drug-likeness (QED) is 0.757. The Hall–Kier alpha value is -2.67. The third-order valence-corrected chi connectivity index (χ3v) is 5.64. The smallest absolute Gasteiger partial charge is 0.231 e. The van der Waals surface area contributed by atoms with E-state index >= 15 is 0 Å².